The third-order valence-corrected chi connectivity index (χ3v) is 7.67. The molecule has 1 aliphatic heterocycles. The van der Waals surface area contributed by atoms with Gasteiger partial charge >= 0.3 is 0 Å². The summed E-state index contributed by atoms with van der Waals surface area (Å²) in [6.45, 7) is 1.01. The average molecular weight is 423 g/mol. The topological polar surface area (TPSA) is 101 Å². The fourth-order valence-electron chi connectivity index (χ4n) is 3.12. The van der Waals surface area contributed by atoms with Crippen molar-refractivity contribution in [1.29, 1.82) is 0 Å². The van der Waals surface area contributed by atoms with E-state index < -0.39 is 25.8 Å². The number of carbonyl (C=O) groups excluding carboxylic acids is 1. The van der Waals surface area contributed by atoms with Gasteiger partial charge in [0.15, 0.2) is 9.84 Å². The van der Waals surface area contributed by atoms with Gasteiger partial charge in [0, 0.05) is 24.9 Å². The Morgan fingerprint density at radius 2 is 1.50 bits per heavy atom. The van der Waals surface area contributed by atoms with Crippen molar-refractivity contribution in [2.75, 3.05) is 24.7 Å². The normalized spacial score (nSPS) is 15.9. The van der Waals surface area contributed by atoms with Gasteiger partial charge in [0.05, 0.1) is 15.5 Å². The van der Waals surface area contributed by atoms with Crippen LogP contribution >= 0.6 is 0 Å². The summed E-state index contributed by atoms with van der Waals surface area (Å²) in [5, 5.41) is 2.58. The van der Waals surface area contributed by atoms with Gasteiger partial charge in [0.2, 0.25) is 10.0 Å². The Hall–Kier alpha value is -2.23. The number of benzene rings is 2. The smallest absolute Gasteiger partial charge is 0.255 e. The van der Waals surface area contributed by atoms with Crippen molar-refractivity contribution in [2.45, 2.75) is 29.1 Å². The largest absolute Gasteiger partial charge is 0.321 e. The molecule has 0 aromatic heterocycles. The van der Waals surface area contributed by atoms with Crippen LogP contribution in [0.15, 0.2) is 58.3 Å². The Kier molecular flexibility index (Phi) is 5.87. The lowest BCUT2D eigenvalue weighted by molar-refractivity contribution is 0.102. The van der Waals surface area contributed by atoms with Crippen molar-refractivity contribution in [3.05, 3.63) is 54.1 Å². The quantitative estimate of drug-likeness (QED) is 0.798. The lowest BCUT2D eigenvalue weighted by Gasteiger charge is -2.25. The van der Waals surface area contributed by atoms with Gasteiger partial charge in [-0.3, -0.25) is 4.79 Å². The minimum Gasteiger partial charge on any atom is -0.321 e. The monoisotopic (exact) mass is 422 g/mol. The molecule has 150 valence electrons. The summed E-state index contributed by atoms with van der Waals surface area (Å²) >= 11 is 0. The van der Waals surface area contributed by atoms with Crippen LogP contribution in [0.25, 0.3) is 0 Å². The number of carbonyl (C=O) groups is 1. The van der Waals surface area contributed by atoms with E-state index in [0.717, 1.165) is 25.5 Å². The first-order valence-electron chi connectivity index (χ1n) is 8.90. The lowest BCUT2D eigenvalue weighted by Crippen LogP contribution is -2.35. The summed E-state index contributed by atoms with van der Waals surface area (Å²) in [6, 6.07) is 11.8. The fraction of sp³-hybridized carbons (Fsp3) is 0.316. The highest BCUT2D eigenvalue weighted by Gasteiger charge is 2.26. The molecular formula is C19H22N2O5S2. The zero-order chi connectivity index (χ0) is 20.4. The number of nitrogens with zero attached hydrogens (tertiary/aromatic N) is 1. The van der Waals surface area contributed by atoms with Gasteiger partial charge in [-0.1, -0.05) is 18.6 Å². The van der Waals surface area contributed by atoms with E-state index in [0.29, 0.717) is 13.1 Å². The van der Waals surface area contributed by atoms with Crippen LogP contribution in [0.5, 0.6) is 0 Å². The maximum Gasteiger partial charge on any atom is 0.255 e. The first-order chi connectivity index (χ1) is 13.2. The number of sulfone groups is 1. The Labute approximate surface area is 165 Å². The van der Waals surface area contributed by atoms with Crippen LogP contribution in [0.2, 0.25) is 0 Å². The average Bonchev–Trinajstić information content (AvgIpc) is 2.68. The van der Waals surface area contributed by atoms with E-state index in [4.69, 9.17) is 0 Å². The van der Waals surface area contributed by atoms with Crippen molar-refractivity contribution < 1.29 is 21.6 Å². The fourth-order valence-corrected chi connectivity index (χ4v) is 5.48. The summed E-state index contributed by atoms with van der Waals surface area (Å²) in [7, 11) is -7.07. The van der Waals surface area contributed by atoms with Crippen LogP contribution in [0, 0.1) is 0 Å². The molecule has 1 fully saturated rings. The van der Waals surface area contributed by atoms with E-state index in [2.05, 4.69) is 5.32 Å². The number of amides is 1. The minimum absolute atomic E-state index is 0.0210. The Balaban J connectivity index is 1.80. The second-order valence-corrected chi connectivity index (χ2v) is 10.6. The molecule has 1 aliphatic rings. The van der Waals surface area contributed by atoms with Crippen molar-refractivity contribution in [3.8, 4) is 0 Å². The van der Waals surface area contributed by atoms with E-state index in [9.17, 15) is 21.6 Å². The zero-order valence-corrected chi connectivity index (χ0v) is 17.1. The van der Waals surface area contributed by atoms with Gasteiger partial charge in [-0.25, -0.2) is 16.8 Å². The number of nitrogens with one attached hydrogen (secondary N) is 1. The van der Waals surface area contributed by atoms with Crippen LogP contribution in [0.4, 0.5) is 5.69 Å². The Morgan fingerprint density at radius 3 is 2.11 bits per heavy atom. The first-order valence-corrected chi connectivity index (χ1v) is 12.2. The van der Waals surface area contributed by atoms with Crippen molar-refractivity contribution >= 4 is 31.5 Å². The van der Waals surface area contributed by atoms with Gasteiger partial charge in [-0.05, 0) is 49.2 Å². The second kappa shape index (κ2) is 8.02. The molecule has 3 rings (SSSR count). The van der Waals surface area contributed by atoms with Crippen molar-refractivity contribution in [3.63, 3.8) is 0 Å². The highest BCUT2D eigenvalue weighted by atomic mass is 32.2. The van der Waals surface area contributed by atoms with Gasteiger partial charge in [0.25, 0.3) is 5.91 Å². The Morgan fingerprint density at radius 1 is 0.893 bits per heavy atom. The summed E-state index contributed by atoms with van der Waals surface area (Å²) < 4.78 is 50.5. The molecule has 1 heterocycles. The highest BCUT2D eigenvalue weighted by Crippen LogP contribution is 2.23. The number of piperidine rings is 1. The van der Waals surface area contributed by atoms with Crippen molar-refractivity contribution in [1.82, 2.24) is 4.31 Å². The number of para-hydroxylation sites is 1. The summed E-state index contributed by atoms with van der Waals surface area (Å²) in [4.78, 5) is 12.7. The molecule has 0 atom stereocenters. The molecule has 1 amide bonds. The molecule has 0 unspecified atom stereocenters. The molecule has 1 saturated heterocycles. The number of sulfonamides is 1. The first kappa shape index (κ1) is 20.5. The van der Waals surface area contributed by atoms with Crippen molar-refractivity contribution in [2.24, 2.45) is 0 Å². The standard InChI is InChI=1S/C19H22N2O5S2/c1-27(23,24)18-8-4-3-7-17(18)20-19(22)15-9-11-16(12-10-15)28(25,26)21-13-5-2-6-14-21/h3-4,7-12H,2,5-6,13-14H2,1H3,(H,20,22). The molecule has 9 heteroatoms. The van der Waals surface area contributed by atoms with Gasteiger partial charge in [0.1, 0.15) is 0 Å². The highest BCUT2D eigenvalue weighted by molar-refractivity contribution is 7.91. The second-order valence-electron chi connectivity index (χ2n) is 6.71. The van der Waals surface area contributed by atoms with E-state index >= 15 is 0 Å². The molecule has 0 saturated carbocycles. The maximum atomic E-state index is 12.7. The van der Waals surface area contributed by atoms with Gasteiger partial charge < -0.3 is 5.32 Å². The molecule has 7 nitrogen and oxygen atoms in total. The maximum absolute atomic E-state index is 12.7. The SMILES string of the molecule is CS(=O)(=O)c1ccccc1NC(=O)c1ccc(S(=O)(=O)N2CCCCC2)cc1. The molecule has 0 bridgehead atoms. The van der Waals surface area contributed by atoms with E-state index in [1.54, 1.807) is 12.1 Å². The van der Waals surface area contributed by atoms with Crippen LogP contribution in [-0.2, 0) is 19.9 Å². The third-order valence-electron chi connectivity index (χ3n) is 4.60. The van der Waals surface area contributed by atoms with Crippen LogP contribution in [0.3, 0.4) is 0 Å². The van der Waals surface area contributed by atoms with E-state index in [1.165, 1.54) is 40.7 Å². The molecular weight excluding hydrogens is 400 g/mol. The lowest BCUT2D eigenvalue weighted by atomic mass is 10.2. The number of anilines is 1. The number of hydrogen-bond donors (Lipinski definition) is 1. The molecule has 0 spiro atoms. The molecule has 0 aliphatic carbocycles. The van der Waals surface area contributed by atoms with Gasteiger partial charge in [-0.2, -0.15) is 4.31 Å². The molecule has 0 radical (unpaired) electrons. The predicted octanol–water partition coefficient (Wildman–Crippen LogP) is 2.52. The predicted molar refractivity (Wildman–Crippen MR) is 107 cm³/mol. The van der Waals surface area contributed by atoms with Gasteiger partial charge in [-0.15, -0.1) is 0 Å². The molecule has 2 aromatic carbocycles. The summed E-state index contributed by atoms with van der Waals surface area (Å²) in [5.74, 6) is -0.516. The number of rotatable bonds is 5. The van der Waals surface area contributed by atoms with E-state index in [1.807, 2.05) is 0 Å². The summed E-state index contributed by atoms with van der Waals surface area (Å²) in [6.07, 6.45) is 3.79. The molecule has 28 heavy (non-hydrogen) atoms. The summed E-state index contributed by atoms with van der Waals surface area (Å²) in [5.41, 5.74) is 0.418. The number of hydrogen-bond acceptors (Lipinski definition) is 5. The van der Waals surface area contributed by atoms with Crippen LogP contribution in [-0.4, -0.2) is 46.4 Å². The minimum atomic E-state index is -3.57. The third kappa shape index (κ3) is 4.43. The van der Waals surface area contributed by atoms with Crippen LogP contribution in [0.1, 0.15) is 29.6 Å². The van der Waals surface area contributed by atoms with E-state index in [-0.39, 0.29) is 21.0 Å². The molecule has 1 N–H and O–H groups in total. The molecule has 2 aromatic rings. The van der Waals surface area contributed by atoms with Crippen LogP contribution < -0.4 is 5.32 Å². The Bertz CT molecular complexity index is 1070. The zero-order valence-electron chi connectivity index (χ0n) is 15.5.